The number of fused-ring (bicyclic) bond motifs is 3. The molecule has 0 aliphatic rings. The largest absolute Gasteiger partial charge is 0.335 e. The van der Waals surface area contributed by atoms with Gasteiger partial charge in [-0.3, -0.25) is 0 Å². The van der Waals surface area contributed by atoms with Crippen molar-refractivity contribution >= 4 is 31.5 Å². The summed E-state index contributed by atoms with van der Waals surface area (Å²) in [6.45, 7) is 0. The number of thiophene rings is 1. The molecule has 0 N–H and O–H groups in total. The molecule has 0 atom stereocenters. The van der Waals surface area contributed by atoms with E-state index in [-0.39, 0.29) is 0 Å². The monoisotopic (exact) mass is 187 g/mol. The highest BCUT2D eigenvalue weighted by atomic mass is 32.1. The maximum Gasteiger partial charge on any atom is 0.335 e. The molecule has 0 unspecified atom stereocenters. The topological polar surface area (TPSA) is 11.3 Å². The second kappa shape index (κ2) is 2.54. The summed E-state index contributed by atoms with van der Waals surface area (Å²) in [5.74, 6) is 0. The minimum Gasteiger partial charge on any atom is -0.223 e. The number of rotatable bonds is 0. The van der Waals surface area contributed by atoms with Crippen LogP contribution in [0.25, 0.3) is 20.2 Å². The van der Waals surface area contributed by atoms with Crippen molar-refractivity contribution in [3.8, 4) is 0 Å². The van der Waals surface area contributed by atoms with Gasteiger partial charge in [-0.2, -0.15) is 0 Å². The molecule has 2 heteroatoms. The predicted octanol–water partition coefficient (Wildman–Crippen LogP) is 3.93. The van der Waals surface area contributed by atoms with E-state index in [2.05, 4.69) is 24.3 Å². The molecule has 1 nitrogen and oxygen atoms in total. The molecule has 2 aromatic heterocycles. The second-order valence-electron chi connectivity index (χ2n) is 2.93. The van der Waals surface area contributed by atoms with E-state index >= 15 is 0 Å². The van der Waals surface area contributed by atoms with E-state index in [1.165, 1.54) is 20.2 Å². The average molecular weight is 187 g/mol. The molecule has 3 aromatic rings. The van der Waals surface area contributed by atoms with E-state index < -0.39 is 0 Å². The number of hydrogen-bond acceptors (Lipinski definition) is 1. The Kier molecular flexibility index (Phi) is 1.37. The first kappa shape index (κ1) is 7.04. The van der Waals surface area contributed by atoms with Crippen LogP contribution < -0.4 is 0 Å². The first-order chi connectivity index (χ1) is 6.45. The molecule has 62 valence electrons. The lowest BCUT2D eigenvalue weighted by atomic mass is 10.2. The molecule has 1 aromatic carbocycles. The van der Waals surface area contributed by atoms with Crippen molar-refractivity contribution in [1.29, 1.82) is 0 Å². The first-order valence-corrected chi connectivity index (χ1v) is 4.93. The SMILES string of the molecule is c1ccc2c(c1)sc1c[o+]ccc12. The fourth-order valence-corrected chi connectivity index (χ4v) is 2.62. The van der Waals surface area contributed by atoms with Gasteiger partial charge in [0.15, 0.2) is 0 Å². The third-order valence-corrected chi connectivity index (χ3v) is 3.26. The van der Waals surface area contributed by atoms with Crippen molar-refractivity contribution in [2.45, 2.75) is 0 Å². The van der Waals surface area contributed by atoms with E-state index in [0.29, 0.717) is 0 Å². The molecule has 0 aliphatic carbocycles. The van der Waals surface area contributed by atoms with Crippen LogP contribution in [0.2, 0.25) is 0 Å². The van der Waals surface area contributed by atoms with Crippen molar-refractivity contribution < 1.29 is 4.42 Å². The van der Waals surface area contributed by atoms with Gasteiger partial charge >= 0.3 is 12.5 Å². The molecule has 0 saturated heterocycles. The zero-order valence-corrected chi connectivity index (χ0v) is 7.67. The van der Waals surface area contributed by atoms with Crippen LogP contribution in [0.15, 0.2) is 47.3 Å². The summed E-state index contributed by atoms with van der Waals surface area (Å²) in [6.07, 6.45) is 3.53. The van der Waals surface area contributed by atoms with Crippen LogP contribution in [0.5, 0.6) is 0 Å². The Morgan fingerprint density at radius 1 is 0.923 bits per heavy atom. The molecular formula is C11H7OS+. The van der Waals surface area contributed by atoms with Gasteiger partial charge in [0.25, 0.3) is 0 Å². The van der Waals surface area contributed by atoms with Gasteiger partial charge in [0.05, 0.1) is 0 Å². The van der Waals surface area contributed by atoms with Crippen LogP contribution in [-0.2, 0) is 0 Å². The second-order valence-corrected chi connectivity index (χ2v) is 4.02. The van der Waals surface area contributed by atoms with Gasteiger partial charge in [-0.15, -0.1) is 11.3 Å². The standard InChI is InChI=1S/C11H7OS/c1-2-4-10-8(3-1)9-5-6-12-7-11(9)13-10/h1-7H/q+1. The Hall–Kier alpha value is -1.41. The zero-order chi connectivity index (χ0) is 8.67. The Balaban J connectivity index is 2.64. The van der Waals surface area contributed by atoms with Gasteiger partial charge < -0.3 is 0 Å². The van der Waals surface area contributed by atoms with Gasteiger partial charge in [0.2, 0.25) is 0 Å². The maximum absolute atomic E-state index is 5.13. The fourth-order valence-electron chi connectivity index (χ4n) is 1.55. The molecule has 2 heterocycles. The summed E-state index contributed by atoms with van der Waals surface area (Å²) in [6, 6.07) is 10.4. The van der Waals surface area contributed by atoms with Crippen LogP contribution in [0.1, 0.15) is 0 Å². The first-order valence-electron chi connectivity index (χ1n) is 4.12. The lowest BCUT2D eigenvalue weighted by Crippen LogP contribution is -1.62. The molecule has 0 fully saturated rings. The van der Waals surface area contributed by atoms with Crippen LogP contribution >= 0.6 is 11.3 Å². The molecular weight excluding hydrogens is 180 g/mol. The normalized spacial score (nSPS) is 11.1. The summed E-state index contributed by atoms with van der Waals surface area (Å²) < 4.78 is 7.66. The van der Waals surface area contributed by atoms with Crippen molar-refractivity contribution in [2.24, 2.45) is 0 Å². The minimum absolute atomic E-state index is 1.21. The van der Waals surface area contributed by atoms with Crippen molar-refractivity contribution in [3.63, 3.8) is 0 Å². The highest BCUT2D eigenvalue weighted by Gasteiger charge is 2.06. The van der Waals surface area contributed by atoms with E-state index in [4.69, 9.17) is 4.42 Å². The third-order valence-electron chi connectivity index (χ3n) is 2.15. The highest BCUT2D eigenvalue weighted by molar-refractivity contribution is 7.25. The molecule has 0 radical (unpaired) electrons. The third kappa shape index (κ3) is 0.956. The average Bonchev–Trinajstić information content (AvgIpc) is 2.56. The van der Waals surface area contributed by atoms with Gasteiger partial charge in [-0.1, -0.05) is 18.2 Å². The zero-order valence-electron chi connectivity index (χ0n) is 6.86. The van der Waals surface area contributed by atoms with Crippen LogP contribution in [0.4, 0.5) is 0 Å². The molecule has 0 amide bonds. The van der Waals surface area contributed by atoms with E-state index in [1.807, 2.05) is 6.07 Å². The lowest BCUT2D eigenvalue weighted by Gasteiger charge is -1.85. The van der Waals surface area contributed by atoms with Crippen LogP contribution in [0, 0.1) is 0 Å². The Morgan fingerprint density at radius 2 is 1.77 bits per heavy atom. The van der Waals surface area contributed by atoms with E-state index in [0.717, 1.165) is 0 Å². The number of benzene rings is 1. The highest BCUT2D eigenvalue weighted by Crippen LogP contribution is 2.32. The smallest absolute Gasteiger partial charge is 0.223 e. The maximum atomic E-state index is 5.13. The van der Waals surface area contributed by atoms with Crippen LogP contribution in [0.3, 0.4) is 0 Å². The summed E-state index contributed by atoms with van der Waals surface area (Å²) in [7, 11) is 0. The van der Waals surface area contributed by atoms with Gasteiger partial charge in [0.1, 0.15) is 4.70 Å². The van der Waals surface area contributed by atoms with Gasteiger partial charge in [0, 0.05) is 21.5 Å². The number of hydrogen-bond donors (Lipinski definition) is 0. The predicted molar refractivity (Wildman–Crippen MR) is 56.0 cm³/mol. The molecule has 0 aliphatic heterocycles. The quantitative estimate of drug-likeness (QED) is 0.485. The molecule has 3 rings (SSSR count). The van der Waals surface area contributed by atoms with Crippen molar-refractivity contribution in [3.05, 3.63) is 42.9 Å². The molecule has 0 saturated carbocycles. The fraction of sp³-hybridized carbons (Fsp3) is 0. The summed E-state index contributed by atoms with van der Waals surface area (Å²) >= 11 is 1.77. The van der Waals surface area contributed by atoms with Crippen molar-refractivity contribution in [2.75, 3.05) is 0 Å². The van der Waals surface area contributed by atoms with Crippen LogP contribution in [-0.4, -0.2) is 0 Å². The van der Waals surface area contributed by atoms with E-state index in [1.54, 1.807) is 23.9 Å². The minimum atomic E-state index is 1.21. The van der Waals surface area contributed by atoms with Gasteiger partial charge in [-0.25, -0.2) is 4.42 Å². The Morgan fingerprint density at radius 3 is 2.77 bits per heavy atom. The molecule has 0 spiro atoms. The Bertz CT molecular complexity index is 518. The summed E-state index contributed by atoms with van der Waals surface area (Å²) in [4.78, 5) is 0. The lowest BCUT2D eigenvalue weighted by molar-refractivity contribution is 0.558. The van der Waals surface area contributed by atoms with E-state index in [9.17, 15) is 0 Å². The summed E-state index contributed by atoms with van der Waals surface area (Å²) in [5.41, 5.74) is 0. The Labute approximate surface area is 79.2 Å². The van der Waals surface area contributed by atoms with Gasteiger partial charge in [-0.05, 0) is 6.07 Å². The summed E-state index contributed by atoms with van der Waals surface area (Å²) in [5, 5.41) is 2.60. The molecule has 13 heavy (non-hydrogen) atoms. The van der Waals surface area contributed by atoms with Crippen molar-refractivity contribution in [1.82, 2.24) is 0 Å². The molecule has 0 bridgehead atoms.